The van der Waals surface area contributed by atoms with Gasteiger partial charge in [0.1, 0.15) is 16.5 Å². The zero-order valence-corrected chi connectivity index (χ0v) is 11.4. The van der Waals surface area contributed by atoms with E-state index in [2.05, 4.69) is 10.3 Å². The van der Waals surface area contributed by atoms with Crippen molar-refractivity contribution < 1.29 is 14.8 Å². The van der Waals surface area contributed by atoms with Crippen LogP contribution < -0.4 is 5.32 Å². The molecule has 0 fully saturated rings. The monoisotopic (exact) mass is 307 g/mol. The number of rotatable bonds is 5. The van der Waals surface area contributed by atoms with E-state index in [-0.39, 0.29) is 28.8 Å². The number of benzene rings is 1. The molecule has 21 heavy (non-hydrogen) atoms. The van der Waals surface area contributed by atoms with E-state index >= 15 is 0 Å². The minimum absolute atomic E-state index is 0.0233. The maximum absolute atomic E-state index is 11.1. The van der Waals surface area contributed by atoms with Crippen LogP contribution in [0.15, 0.2) is 36.4 Å². The average Bonchev–Trinajstić information content (AvgIpc) is 2.45. The molecule has 0 unspecified atom stereocenters. The summed E-state index contributed by atoms with van der Waals surface area (Å²) in [4.78, 5) is 25.2. The van der Waals surface area contributed by atoms with Gasteiger partial charge >= 0.3 is 5.97 Å². The number of hydrogen-bond donors (Lipinski definition) is 2. The molecule has 0 aliphatic carbocycles. The van der Waals surface area contributed by atoms with Gasteiger partial charge in [0, 0.05) is 18.7 Å². The van der Waals surface area contributed by atoms with Crippen molar-refractivity contribution in [2.24, 2.45) is 0 Å². The fourth-order valence-electron chi connectivity index (χ4n) is 1.71. The molecule has 0 aliphatic heterocycles. The first-order valence-electron chi connectivity index (χ1n) is 5.84. The molecule has 1 aromatic heterocycles. The third-order valence-corrected chi connectivity index (χ3v) is 2.88. The predicted octanol–water partition coefficient (Wildman–Crippen LogP) is 2.95. The highest BCUT2D eigenvalue weighted by Gasteiger charge is 2.12. The lowest BCUT2D eigenvalue weighted by molar-refractivity contribution is -0.384. The lowest BCUT2D eigenvalue weighted by atomic mass is 10.2. The minimum Gasteiger partial charge on any atom is -0.478 e. The van der Waals surface area contributed by atoms with E-state index in [0.29, 0.717) is 5.56 Å². The largest absolute Gasteiger partial charge is 0.478 e. The Morgan fingerprint density at radius 1 is 1.38 bits per heavy atom. The first kappa shape index (κ1) is 14.7. The molecule has 108 valence electrons. The number of anilines is 1. The summed E-state index contributed by atoms with van der Waals surface area (Å²) in [5.74, 6) is -1.03. The van der Waals surface area contributed by atoms with Crippen molar-refractivity contribution in [1.29, 1.82) is 0 Å². The van der Waals surface area contributed by atoms with Crippen LogP contribution in [0, 0.1) is 10.1 Å². The van der Waals surface area contributed by atoms with Gasteiger partial charge in [0.25, 0.3) is 5.69 Å². The van der Waals surface area contributed by atoms with E-state index in [4.69, 9.17) is 16.7 Å². The molecule has 8 heteroatoms. The zero-order chi connectivity index (χ0) is 15.4. The number of carbonyl (C=O) groups is 1. The van der Waals surface area contributed by atoms with Crippen LogP contribution in [0.2, 0.25) is 5.15 Å². The normalized spacial score (nSPS) is 10.1. The summed E-state index contributed by atoms with van der Waals surface area (Å²) in [6, 6.07) is 8.74. The van der Waals surface area contributed by atoms with Crippen LogP contribution in [0.5, 0.6) is 0 Å². The van der Waals surface area contributed by atoms with Gasteiger partial charge in [-0.1, -0.05) is 23.7 Å². The van der Waals surface area contributed by atoms with E-state index in [1.807, 2.05) is 0 Å². The maximum atomic E-state index is 11.1. The van der Waals surface area contributed by atoms with Crippen LogP contribution in [0.3, 0.4) is 0 Å². The molecule has 1 aromatic carbocycles. The van der Waals surface area contributed by atoms with E-state index in [1.54, 1.807) is 12.1 Å². The fraction of sp³-hybridized carbons (Fsp3) is 0.0769. The molecule has 0 bridgehead atoms. The third-order valence-electron chi connectivity index (χ3n) is 2.67. The van der Waals surface area contributed by atoms with Gasteiger partial charge in [0.15, 0.2) is 0 Å². The number of hydrogen-bond acceptors (Lipinski definition) is 5. The summed E-state index contributed by atoms with van der Waals surface area (Å²) >= 11 is 5.74. The Morgan fingerprint density at radius 2 is 2.14 bits per heavy atom. The summed E-state index contributed by atoms with van der Waals surface area (Å²) in [7, 11) is 0. The molecule has 0 atom stereocenters. The number of non-ortho nitro benzene ring substituents is 1. The Balaban J connectivity index is 2.20. The van der Waals surface area contributed by atoms with Crippen molar-refractivity contribution >= 4 is 29.1 Å². The standard InChI is InChI=1S/C13H10ClN3O4/c14-11-5-4-10(13(18)19)12(16-11)15-7-8-2-1-3-9(6-8)17(20)21/h1-6H,7H2,(H,15,16)(H,18,19). The second-order valence-corrected chi connectivity index (χ2v) is 4.50. The summed E-state index contributed by atoms with van der Waals surface area (Å²) in [6.45, 7) is 0.190. The minimum atomic E-state index is -1.14. The zero-order valence-electron chi connectivity index (χ0n) is 10.6. The van der Waals surface area contributed by atoms with E-state index in [0.717, 1.165) is 0 Å². The number of aromatic nitrogens is 1. The fourth-order valence-corrected chi connectivity index (χ4v) is 1.86. The molecule has 2 aromatic rings. The molecular weight excluding hydrogens is 298 g/mol. The molecule has 2 N–H and O–H groups in total. The summed E-state index contributed by atoms with van der Waals surface area (Å²) in [5.41, 5.74) is 0.568. The summed E-state index contributed by atoms with van der Waals surface area (Å²) in [6.07, 6.45) is 0. The number of aromatic carboxylic acids is 1. The Morgan fingerprint density at radius 3 is 2.81 bits per heavy atom. The van der Waals surface area contributed by atoms with Gasteiger partial charge in [0.05, 0.1) is 4.92 Å². The SMILES string of the molecule is O=C(O)c1ccc(Cl)nc1NCc1cccc([N+](=O)[O-])c1. The Labute approximate surface area is 124 Å². The van der Waals surface area contributed by atoms with Crippen molar-refractivity contribution in [1.82, 2.24) is 4.98 Å². The molecule has 0 amide bonds. The molecule has 0 aliphatic rings. The number of halogens is 1. The van der Waals surface area contributed by atoms with Crippen LogP contribution in [0.4, 0.5) is 11.5 Å². The second-order valence-electron chi connectivity index (χ2n) is 4.12. The van der Waals surface area contributed by atoms with Crippen molar-refractivity contribution in [2.75, 3.05) is 5.32 Å². The number of carboxylic acids is 1. The van der Waals surface area contributed by atoms with Gasteiger partial charge in [-0.25, -0.2) is 9.78 Å². The highest BCUT2D eigenvalue weighted by Crippen LogP contribution is 2.19. The number of pyridine rings is 1. The highest BCUT2D eigenvalue weighted by molar-refractivity contribution is 6.29. The molecule has 0 saturated carbocycles. The second kappa shape index (κ2) is 6.19. The maximum Gasteiger partial charge on any atom is 0.339 e. The Kier molecular flexibility index (Phi) is 4.34. The van der Waals surface area contributed by atoms with Crippen molar-refractivity contribution in [3.8, 4) is 0 Å². The molecule has 1 heterocycles. The van der Waals surface area contributed by atoms with Crippen LogP contribution >= 0.6 is 11.6 Å². The van der Waals surface area contributed by atoms with Crippen molar-refractivity contribution in [3.05, 3.63) is 62.8 Å². The number of nitrogens with zero attached hydrogens (tertiary/aromatic N) is 2. The van der Waals surface area contributed by atoms with Gasteiger partial charge in [-0.15, -0.1) is 0 Å². The van der Waals surface area contributed by atoms with E-state index < -0.39 is 10.9 Å². The van der Waals surface area contributed by atoms with Crippen molar-refractivity contribution in [3.63, 3.8) is 0 Å². The lowest BCUT2D eigenvalue weighted by Gasteiger charge is -2.09. The highest BCUT2D eigenvalue weighted by atomic mass is 35.5. The average molecular weight is 308 g/mol. The number of carboxylic acid groups (broad SMARTS) is 1. The van der Waals surface area contributed by atoms with Gasteiger partial charge in [-0.05, 0) is 17.7 Å². The Bertz CT molecular complexity index is 706. The lowest BCUT2D eigenvalue weighted by Crippen LogP contribution is -2.08. The molecule has 0 saturated heterocycles. The van der Waals surface area contributed by atoms with Crippen LogP contribution in [-0.4, -0.2) is 21.0 Å². The van der Waals surface area contributed by atoms with Crippen molar-refractivity contribution in [2.45, 2.75) is 6.54 Å². The van der Waals surface area contributed by atoms with E-state index in [9.17, 15) is 14.9 Å². The molecule has 2 rings (SSSR count). The quantitative estimate of drug-likeness (QED) is 0.500. The van der Waals surface area contributed by atoms with Crippen LogP contribution in [0.25, 0.3) is 0 Å². The first-order valence-corrected chi connectivity index (χ1v) is 6.22. The smallest absolute Gasteiger partial charge is 0.339 e. The summed E-state index contributed by atoms with van der Waals surface area (Å²) < 4.78 is 0. The number of nitro groups is 1. The number of nitro benzene ring substituents is 1. The van der Waals surface area contributed by atoms with Gasteiger partial charge < -0.3 is 10.4 Å². The Hall–Kier alpha value is -2.67. The molecular formula is C13H10ClN3O4. The molecule has 0 radical (unpaired) electrons. The topological polar surface area (TPSA) is 105 Å². The predicted molar refractivity (Wildman–Crippen MR) is 76.6 cm³/mol. The van der Waals surface area contributed by atoms with Gasteiger partial charge in [-0.3, -0.25) is 10.1 Å². The van der Waals surface area contributed by atoms with Gasteiger partial charge in [-0.2, -0.15) is 0 Å². The van der Waals surface area contributed by atoms with E-state index in [1.165, 1.54) is 24.3 Å². The van der Waals surface area contributed by atoms with Crippen LogP contribution in [0.1, 0.15) is 15.9 Å². The molecule has 0 spiro atoms. The van der Waals surface area contributed by atoms with Gasteiger partial charge in [0.2, 0.25) is 0 Å². The summed E-state index contributed by atoms with van der Waals surface area (Å²) in [5, 5.41) is 22.7. The van der Waals surface area contributed by atoms with Crippen LogP contribution in [-0.2, 0) is 6.54 Å². The third kappa shape index (κ3) is 3.67. The first-order chi connectivity index (χ1) is 9.97. The molecule has 7 nitrogen and oxygen atoms in total. The number of nitrogens with one attached hydrogen (secondary N) is 1.